The van der Waals surface area contributed by atoms with Crippen LogP contribution in [-0.2, 0) is 14.4 Å². The molecule has 6 nitrogen and oxygen atoms in total. The maximum atomic E-state index is 12.1. The van der Waals surface area contributed by atoms with Crippen LogP contribution in [0.4, 0.5) is 5.69 Å². The molecule has 1 aliphatic heterocycles. The van der Waals surface area contributed by atoms with Gasteiger partial charge in [-0.3, -0.25) is 24.6 Å². The number of piperidine rings is 1. The molecule has 0 aromatic heterocycles. The summed E-state index contributed by atoms with van der Waals surface area (Å²) in [6.07, 6.45) is 1.13. The van der Waals surface area contributed by atoms with Crippen LogP contribution < -0.4 is 15.0 Å². The molecule has 1 atom stereocenters. The van der Waals surface area contributed by atoms with Gasteiger partial charge in [-0.1, -0.05) is 19.9 Å². The molecule has 23 heavy (non-hydrogen) atoms. The summed E-state index contributed by atoms with van der Waals surface area (Å²) in [5, 5.41) is 2.28. The molecule has 2 rings (SSSR count). The maximum Gasteiger partial charge on any atom is 0.249 e. The number of amides is 3. The van der Waals surface area contributed by atoms with Gasteiger partial charge in [-0.25, -0.2) is 0 Å². The van der Waals surface area contributed by atoms with E-state index in [0.717, 1.165) is 11.1 Å². The van der Waals surface area contributed by atoms with Crippen LogP contribution in [0.1, 0.15) is 43.7 Å². The number of nitrogens with zero attached hydrogens (tertiary/aromatic N) is 1. The van der Waals surface area contributed by atoms with E-state index >= 15 is 0 Å². The average molecular weight is 318 g/mol. The number of imide groups is 1. The summed E-state index contributed by atoms with van der Waals surface area (Å²) in [7, 11) is 1.55. The second-order valence-corrected chi connectivity index (χ2v) is 5.97. The number of hydrogen-bond donors (Lipinski definition) is 1. The number of benzene rings is 1. The summed E-state index contributed by atoms with van der Waals surface area (Å²) in [6.45, 7) is 6.10. The van der Waals surface area contributed by atoms with Gasteiger partial charge in [0.05, 0.1) is 12.8 Å². The van der Waals surface area contributed by atoms with E-state index in [0.29, 0.717) is 30.2 Å². The Balaban J connectivity index is 2.46. The molecular formula is C17H22N2O4. The summed E-state index contributed by atoms with van der Waals surface area (Å²) in [5.74, 6) is 0.127. The fourth-order valence-electron chi connectivity index (χ4n) is 3.02. The number of ether oxygens (including phenoxy) is 1. The molecule has 3 amide bonds. The minimum absolute atomic E-state index is 0.214. The molecule has 1 fully saturated rings. The molecule has 0 spiro atoms. The van der Waals surface area contributed by atoms with Crippen LogP contribution in [0, 0.1) is 6.92 Å². The zero-order chi connectivity index (χ0) is 17.1. The highest BCUT2D eigenvalue weighted by Gasteiger charge is 2.33. The highest BCUT2D eigenvalue weighted by atomic mass is 16.5. The number of hydrogen-bond acceptors (Lipinski definition) is 4. The molecule has 1 aromatic rings. The molecule has 1 unspecified atom stereocenters. The predicted octanol–water partition coefficient (Wildman–Crippen LogP) is 1.90. The summed E-state index contributed by atoms with van der Waals surface area (Å²) in [6, 6.07) is 3.03. The first-order valence-corrected chi connectivity index (χ1v) is 7.65. The Morgan fingerprint density at radius 2 is 2.04 bits per heavy atom. The van der Waals surface area contributed by atoms with Crippen LogP contribution in [0.2, 0.25) is 0 Å². The van der Waals surface area contributed by atoms with Gasteiger partial charge in [0.2, 0.25) is 18.2 Å². The van der Waals surface area contributed by atoms with Gasteiger partial charge in [0.1, 0.15) is 11.8 Å². The fraction of sp³-hybridized carbons (Fsp3) is 0.471. The number of rotatable bonds is 5. The minimum atomic E-state index is -0.705. The smallest absolute Gasteiger partial charge is 0.249 e. The van der Waals surface area contributed by atoms with Crippen molar-refractivity contribution in [1.29, 1.82) is 0 Å². The maximum absolute atomic E-state index is 12.1. The lowest BCUT2D eigenvalue weighted by Crippen LogP contribution is -2.52. The van der Waals surface area contributed by atoms with E-state index in [1.807, 2.05) is 13.0 Å². The monoisotopic (exact) mass is 318 g/mol. The number of carbonyl (C=O) groups excluding carboxylic acids is 3. The highest BCUT2D eigenvalue weighted by molar-refractivity contribution is 6.04. The zero-order valence-corrected chi connectivity index (χ0v) is 13.9. The van der Waals surface area contributed by atoms with Gasteiger partial charge in [0.25, 0.3) is 0 Å². The van der Waals surface area contributed by atoms with E-state index in [1.165, 1.54) is 4.90 Å². The SMILES string of the molecule is COc1c(N(C=O)C2CCC(=O)NC2=O)ccc(C(C)C)c1C. The van der Waals surface area contributed by atoms with Crippen LogP contribution in [0.15, 0.2) is 12.1 Å². The number of nitrogens with one attached hydrogen (secondary N) is 1. The predicted molar refractivity (Wildman–Crippen MR) is 86.5 cm³/mol. The number of anilines is 1. The highest BCUT2D eigenvalue weighted by Crippen LogP contribution is 2.37. The number of methoxy groups -OCH3 is 1. The molecule has 1 aliphatic rings. The minimum Gasteiger partial charge on any atom is -0.494 e. The molecule has 6 heteroatoms. The average Bonchev–Trinajstić information content (AvgIpc) is 2.49. The quantitative estimate of drug-likeness (QED) is 0.664. The largest absolute Gasteiger partial charge is 0.494 e. The molecule has 1 aromatic carbocycles. The van der Waals surface area contributed by atoms with Gasteiger partial charge in [-0.15, -0.1) is 0 Å². The van der Waals surface area contributed by atoms with E-state index < -0.39 is 11.9 Å². The Hall–Kier alpha value is -2.37. The van der Waals surface area contributed by atoms with Crippen molar-refractivity contribution >= 4 is 23.9 Å². The third-order valence-electron chi connectivity index (χ3n) is 4.19. The lowest BCUT2D eigenvalue weighted by molar-refractivity contribution is -0.134. The molecule has 124 valence electrons. The van der Waals surface area contributed by atoms with Gasteiger partial charge in [0.15, 0.2) is 0 Å². The topological polar surface area (TPSA) is 75.7 Å². The Morgan fingerprint density at radius 1 is 1.35 bits per heavy atom. The van der Waals surface area contributed by atoms with Crippen molar-refractivity contribution in [3.05, 3.63) is 23.3 Å². The standard InChI is InChI=1S/C17H22N2O4/c1-10(2)12-5-6-13(16(23-4)11(12)3)19(9-20)14-7-8-15(21)18-17(14)22/h5-6,9-10,14H,7-8H2,1-4H3,(H,18,21,22). The zero-order valence-electron chi connectivity index (χ0n) is 13.9. The van der Waals surface area contributed by atoms with Crippen molar-refractivity contribution in [3.8, 4) is 5.75 Å². The van der Waals surface area contributed by atoms with E-state index in [-0.39, 0.29) is 12.3 Å². The Labute approximate surface area is 135 Å². The first-order chi connectivity index (χ1) is 10.9. The molecule has 1 saturated heterocycles. The molecule has 0 aliphatic carbocycles. The van der Waals surface area contributed by atoms with Crippen molar-refractivity contribution in [2.24, 2.45) is 0 Å². The van der Waals surface area contributed by atoms with E-state index in [1.54, 1.807) is 13.2 Å². The van der Waals surface area contributed by atoms with Crippen molar-refractivity contribution in [1.82, 2.24) is 5.32 Å². The first-order valence-electron chi connectivity index (χ1n) is 7.65. The first kappa shape index (κ1) is 17.0. The molecule has 0 radical (unpaired) electrons. The Morgan fingerprint density at radius 3 is 2.57 bits per heavy atom. The number of carbonyl (C=O) groups is 3. The Kier molecular flexibility index (Phi) is 5.03. The lowest BCUT2D eigenvalue weighted by Gasteiger charge is -2.31. The van der Waals surface area contributed by atoms with Crippen molar-refractivity contribution < 1.29 is 19.1 Å². The molecular weight excluding hydrogens is 296 g/mol. The second kappa shape index (κ2) is 6.81. The van der Waals surface area contributed by atoms with Crippen LogP contribution in [0.25, 0.3) is 0 Å². The van der Waals surface area contributed by atoms with E-state index in [9.17, 15) is 14.4 Å². The molecule has 1 N–H and O–H groups in total. The van der Waals surface area contributed by atoms with E-state index in [4.69, 9.17) is 4.74 Å². The van der Waals surface area contributed by atoms with Crippen LogP contribution in [0.5, 0.6) is 5.75 Å². The molecule has 1 heterocycles. The van der Waals surface area contributed by atoms with Gasteiger partial charge in [0, 0.05) is 6.42 Å². The molecule has 0 saturated carbocycles. The molecule has 0 bridgehead atoms. The van der Waals surface area contributed by atoms with Crippen LogP contribution >= 0.6 is 0 Å². The summed E-state index contributed by atoms with van der Waals surface area (Å²) >= 11 is 0. The van der Waals surface area contributed by atoms with Crippen LogP contribution in [-0.4, -0.2) is 31.4 Å². The Bertz CT molecular complexity index is 640. The van der Waals surface area contributed by atoms with Gasteiger partial charge >= 0.3 is 0 Å². The van der Waals surface area contributed by atoms with Crippen LogP contribution in [0.3, 0.4) is 0 Å². The van der Waals surface area contributed by atoms with Gasteiger partial charge < -0.3 is 4.74 Å². The normalized spacial score (nSPS) is 17.9. The third kappa shape index (κ3) is 3.21. The fourth-order valence-corrected chi connectivity index (χ4v) is 3.02. The lowest BCUT2D eigenvalue weighted by atomic mass is 9.95. The van der Waals surface area contributed by atoms with E-state index in [2.05, 4.69) is 19.2 Å². The van der Waals surface area contributed by atoms with Crippen molar-refractivity contribution in [3.63, 3.8) is 0 Å². The van der Waals surface area contributed by atoms with Gasteiger partial charge in [-0.2, -0.15) is 0 Å². The van der Waals surface area contributed by atoms with Gasteiger partial charge in [-0.05, 0) is 36.5 Å². The summed E-state index contributed by atoms with van der Waals surface area (Å²) in [4.78, 5) is 36.3. The van der Waals surface area contributed by atoms with Crippen molar-refractivity contribution in [2.75, 3.05) is 12.0 Å². The second-order valence-electron chi connectivity index (χ2n) is 5.97. The summed E-state index contributed by atoms with van der Waals surface area (Å²) < 4.78 is 5.50. The van der Waals surface area contributed by atoms with Crippen molar-refractivity contribution in [2.45, 2.75) is 45.6 Å². The summed E-state index contributed by atoms with van der Waals surface area (Å²) in [5.41, 5.74) is 2.61. The third-order valence-corrected chi connectivity index (χ3v) is 4.19.